The number of hydrogen-bond donors (Lipinski definition) is 2. The Labute approximate surface area is 278 Å². The number of nitrogens with one attached hydrogen (secondary N) is 2. The fraction of sp³-hybridized carbons (Fsp3) is 0.500. The first-order valence-electron chi connectivity index (χ1n) is 15.7. The molecule has 0 bridgehead atoms. The largest absolute Gasteiger partial charge is 0.513 e. The van der Waals surface area contributed by atoms with Crippen molar-refractivity contribution in [3.63, 3.8) is 0 Å². The molecule has 0 saturated carbocycles. The molecule has 3 rings (SSSR count). The van der Waals surface area contributed by atoms with Crippen LogP contribution in [0.2, 0.25) is 0 Å². The van der Waals surface area contributed by atoms with Crippen LogP contribution in [0.4, 0.5) is 19.2 Å². The second-order valence-corrected chi connectivity index (χ2v) is 12.8. The van der Waals surface area contributed by atoms with Gasteiger partial charge in [-0.1, -0.05) is 24.3 Å². The van der Waals surface area contributed by atoms with Crippen molar-refractivity contribution >= 4 is 52.0 Å². The van der Waals surface area contributed by atoms with Crippen LogP contribution in [0.25, 0.3) is 21.7 Å². The summed E-state index contributed by atoms with van der Waals surface area (Å²) in [4.78, 5) is 61.2. The van der Waals surface area contributed by atoms with E-state index in [1.54, 1.807) is 65.8 Å². The number of amides is 2. The standard InChI is InChI=1S/C34H44N2O12/c1-21(37)25-20-24-26(45-31(40)42-18-12-10-16-35-29(38)47-33(2,3)4)22-14-8-9-15-23(22)27(28(24)44-25)46-32(41)43-19-13-11-17-36-30(39)48-34(5,6)7/h8-9,14-15,20H,10-13,16-19H2,1-7H3,(H,35,38)(H,36,39). The second-order valence-electron chi connectivity index (χ2n) is 12.8. The summed E-state index contributed by atoms with van der Waals surface area (Å²) in [5, 5.41) is 6.20. The van der Waals surface area contributed by atoms with Crippen molar-refractivity contribution in [1.29, 1.82) is 0 Å². The number of alkyl carbamates (subject to hydrolysis) is 2. The van der Waals surface area contributed by atoms with Gasteiger partial charge in [-0.05, 0) is 73.3 Å². The normalized spacial score (nSPS) is 11.5. The Kier molecular flexibility index (Phi) is 13.0. The van der Waals surface area contributed by atoms with Crippen molar-refractivity contribution in [3.05, 3.63) is 36.1 Å². The lowest BCUT2D eigenvalue weighted by Crippen LogP contribution is -2.33. The molecule has 2 N–H and O–H groups in total. The van der Waals surface area contributed by atoms with E-state index in [2.05, 4.69) is 10.6 Å². The molecule has 0 fully saturated rings. The van der Waals surface area contributed by atoms with E-state index in [-0.39, 0.29) is 41.4 Å². The summed E-state index contributed by atoms with van der Waals surface area (Å²) >= 11 is 0. The van der Waals surface area contributed by atoms with Crippen LogP contribution < -0.4 is 20.1 Å². The Balaban J connectivity index is 1.64. The Morgan fingerprint density at radius 2 is 1.12 bits per heavy atom. The third-order valence-corrected chi connectivity index (χ3v) is 6.24. The number of carbonyl (C=O) groups is 5. The van der Waals surface area contributed by atoms with Gasteiger partial charge in [-0.2, -0.15) is 0 Å². The zero-order chi connectivity index (χ0) is 35.5. The molecule has 2 aromatic carbocycles. The minimum Gasteiger partial charge on any atom is -0.449 e. The van der Waals surface area contributed by atoms with E-state index in [4.69, 9.17) is 32.8 Å². The lowest BCUT2D eigenvalue weighted by Gasteiger charge is -2.19. The Bertz CT molecular complexity index is 1500. The van der Waals surface area contributed by atoms with Crippen LogP contribution in [0.3, 0.4) is 0 Å². The van der Waals surface area contributed by atoms with Crippen molar-refractivity contribution in [3.8, 4) is 11.5 Å². The highest BCUT2D eigenvalue weighted by molar-refractivity contribution is 6.12. The summed E-state index contributed by atoms with van der Waals surface area (Å²) in [6.45, 7) is 12.6. The number of rotatable bonds is 13. The summed E-state index contributed by atoms with van der Waals surface area (Å²) in [5.74, 6) is -0.432. The topological polar surface area (TPSA) is 178 Å². The molecule has 0 spiro atoms. The van der Waals surface area contributed by atoms with Crippen LogP contribution in [-0.2, 0) is 18.9 Å². The number of ether oxygens (including phenoxy) is 6. The van der Waals surface area contributed by atoms with Gasteiger partial charge in [0.1, 0.15) is 11.2 Å². The maximum atomic E-state index is 12.7. The molecule has 48 heavy (non-hydrogen) atoms. The van der Waals surface area contributed by atoms with E-state index in [0.717, 1.165) is 0 Å². The molecule has 1 heterocycles. The van der Waals surface area contributed by atoms with E-state index in [9.17, 15) is 24.0 Å². The molecule has 14 nitrogen and oxygen atoms in total. The molecule has 3 aromatic rings. The van der Waals surface area contributed by atoms with E-state index >= 15 is 0 Å². The number of hydrogen-bond acceptors (Lipinski definition) is 12. The van der Waals surface area contributed by atoms with Crippen molar-refractivity contribution < 1.29 is 56.8 Å². The fourth-order valence-corrected chi connectivity index (χ4v) is 4.26. The molecule has 0 saturated heterocycles. The van der Waals surface area contributed by atoms with Crippen LogP contribution in [-0.4, -0.2) is 67.8 Å². The van der Waals surface area contributed by atoms with Gasteiger partial charge in [0.05, 0.1) is 18.6 Å². The molecule has 0 aliphatic rings. The van der Waals surface area contributed by atoms with Crippen LogP contribution in [0.5, 0.6) is 11.5 Å². The van der Waals surface area contributed by atoms with Gasteiger partial charge < -0.3 is 43.5 Å². The summed E-state index contributed by atoms with van der Waals surface area (Å²) in [5.41, 5.74) is -1.22. The molecule has 0 aliphatic heterocycles. The molecule has 0 aliphatic carbocycles. The number of Topliss-reactive ketones (excluding diaryl/α,β-unsaturated/α-hetero) is 1. The maximum Gasteiger partial charge on any atom is 0.513 e. The SMILES string of the molecule is CC(=O)c1cc2c(OC(=O)OCCCCNC(=O)OC(C)(C)C)c3ccccc3c(OC(=O)OCCCCNC(=O)OC(C)(C)C)c2o1. The number of unbranched alkanes of at least 4 members (excludes halogenated alkanes) is 2. The molecule has 1 aromatic heterocycles. The van der Waals surface area contributed by atoms with Gasteiger partial charge in [-0.15, -0.1) is 0 Å². The smallest absolute Gasteiger partial charge is 0.449 e. The first-order valence-corrected chi connectivity index (χ1v) is 15.7. The maximum absolute atomic E-state index is 12.7. The third kappa shape index (κ3) is 12.0. The molecule has 0 unspecified atom stereocenters. The first-order chi connectivity index (χ1) is 22.5. The average Bonchev–Trinajstić information content (AvgIpc) is 3.42. The van der Waals surface area contributed by atoms with Gasteiger partial charge >= 0.3 is 24.5 Å². The van der Waals surface area contributed by atoms with E-state index in [1.165, 1.54) is 13.0 Å². The van der Waals surface area contributed by atoms with Crippen molar-refractivity contribution in [2.75, 3.05) is 26.3 Å². The van der Waals surface area contributed by atoms with Crippen LogP contribution >= 0.6 is 0 Å². The molecule has 0 radical (unpaired) electrons. The molecule has 262 valence electrons. The second kappa shape index (κ2) is 16.7. The lowest BCUT2D eigenvalue weighted by molar-refractivity contribution is 0.0513. The number of furan rings is 1. The third-order valence-electron chi connectivity index (χ3n) is 6.24. The number of ketones is 1. The minimum absolute atomic E-state index is 0.00609. The Morgan fingerprint density at radius 3 is 1.58 bits per heavy atom. The van der Waals surface area contributed by atoms with Crippen molar-refractivity contribution in [2.24, 2.45) is 0 Å². The highest BCUT2D eigenvalue weighted by Gasteiger charge is 2.26. The fourth-order valence-electron chi connectivity index (χ4n) is 4.26. The molecule has 14 heteroatoms. The van der Waals surface area contributed by atoms with Crippen molar-refractivity contribution in [1.82, 2.24) is 10.6 Å². The Hall–Kier alpha value is -5.01. The number of fused-ring (bicyclic) bond motifs is 2. The van der Waals surface area contributed by atoms with Gasteiger partial charge in [-0.25, -0.2) is 19.2 Å². The summed E-state index contributed by atoms with van der Waals surface area (Å²) < 4.78 is 37.8. The monoisotopic (exact) mass is 672 g/mol. The van der Waals surface area contributed by atoms with Gasteiger partial charge in [-0.3, -0.25) is 4.79 Å². The highest BCUT2D eigenvalue weighted by atomic mass is 16.7. The molecule has 2 amide bonds. The molecular formula is C34H44N2O12. The predicted molar refractivity (Wildman–Crippen MR) is 175 cm³/mol. The summed E-state index contributed by atoms with van der Waals surface area (Å²) in [7, 11) is 0. The van der Waals surface area contributed by atoms with Gasteiger partial charge in [0, 0.05) is 30.8 Å². The van der Waals surface area contributed by atoms with Crippen molar-refractivity contribution in [2.45, 2.75) is 85.4 Å². The zero-order valence-electron chi connectivity index (χ0n) is 28.4. The zero-order valence-corrected chi connectivity index (χ0v) is 28.4. The highest BCUT2D eigenvalue weighted by Crippen LogP contribution is 2.44. The van der Waals surface area contributed by atoms with Gasteiger partial charge in [0.25, 0.3) is 0 Å². The molecular weight excluding hydrogens is 628 g/mol. The number of benzene rings is 2. The lowest BCUT2D eigenvalue weighted by atomic mass is 10.1. The number of carbonyl (C=O) groups excluding carboxylic acids is 5. The van der Waals surface area contributed by atoms with E-state index < -0.39 is 41.5 Å². The summed E-state index contributed by atoms with van der Waals surface area (Å²) in [6.07, 6.45) is -1.17. The van der Waals surface area contributed by atoms with E-state index in [0.29, 0.717) is 49.5 Å². The quantitative estimate of drug-likeness (QED) is 0.0604. The van der Waals surface area contributed by atoms with Gasteiger partial charge in [0.15, 0.2) is 28.6 Å². The average molecular weight is 673 g/mol. The predicted octanol–water partition coefficient (Wildman–Crippen LogP) is 7.43. The van der Waals surface area contributed by atoms with Crippen LogP contribution in [0.1, 0.15) is 84.7 Å². The van der Waals surface area contributed by atoms with Crippen LogP contribution in [0, 0.1) is 0 Å². The van der Waals surface area contributed by atoms with Gasteiger partial charge in [0.2, 0.25) is 0 Å². The Morgan fingerprint density at radius 1 is 0.667 bits per heavy atom. The minimum atomic E-state index is -1.02. The van der Waals surface area contributed by atoms with E-state index in [1.807, 2.05) is 0 Å². The summed E-state index contributed by atoms with van der Waals surface area (Å²) in [6, 6.07) is 8.06. The molecule has 0 atom stereocenters. The van der Waals surface area contributed by atoms with Crippen LogP contribution in [0.15, 0.2) is 34.7 Å². The first kappa shape index (κ1) is 37.4.